The number of hydrogen-bond acceptors (Lipinski definition) is 5. The molecule has 0 aliphatic heterocycles. The van der Waals surface area contributed by atoms with Crippen molar-refractivity contribution in [2.24, 2.45) is 0 Å². The van der Waals surface area contributed by atoms with Gasteiger partial charge in [-0.2, -0.15) is 30.7 Å². The van der Waals surface area contributed by atoms with Gasteiger partial charge in [0.25, 0.3) is 0 Å². The minimum atomic E-state index is -6.38. The summed E-state index contributed by atoms with van der Waals surface area (Å²) in [6.07, 6.45) is -13.4. The molecule has 0 fully saturated rings. The number of carbonyl (C=O) groups is 1. The van der Waals surface area contributed by atoms with Gasteiger partial charge in [-0.05, 0) is 6.42 Å². The predicted molar refractivity (Wildman–Crippen MR) is 79.8 cm³/mol. The van der Waals surface area contributed by atoms with Gasteiger partial charge in [-0.3, -0.25) is 0 Å². The Kier molecular flexibility index (Phi) is 9.13. The normalized spacial score (nSPS) is 14.3. The van der Waals surface area contributed by atoms with Crippen LogP contribution in [0.15, 0.2) is 0 Å². The fourth-order valence-corrected chi connectivity index (χ4v) is 3.12. The van der Waals surface area contributed by atoms with Crippen LogP contribution < -0.4 is 9.83 Å². The van der Waals surface area contributed by atoms with E-state index in [1.165, 1.54) is 0 Å². The Bertz CT molecular complexity index is 606. The molecule has 0 atom stereocenters. The number of alkyl halides is 7. The Morgan fingerprint density at radius 2 is 1.54 bits per heavy atom. The van der Waals surface area contributed by atoms with Crippen molar-refractivity contribution in [3.05, 3.63) is 0 Å². The Morgan fingerprint density at radius 1 is 1.04 bits per heavy atom. The molecule has 0 radical (unpaired) electrons. The van der Waals surface area contributed by atoms with Gasteiger partial charge in [0.1, 0.15) is 6.54 Å². The number of quaternary nitrogens is 1. The van der Waals surface area contributed by atoms with Crippen molar-refractivity contribution in [2.75, 3.05) is 46.1 Å². The zero-order chi connectivity index (χ0) is 22.4. The van der Waals surface area contributed by atoms with Gasteiger partial charge in [-0.1, -0.05) is 0 Å². The molecule has 7 nitrogen and oxygen atoms in total. The monoisotopic (exact) mass is 450 g/mol. The third-order valence-corrected chi connectivity index (χ3v) is 4.88. The van der Waals surface area contributed by atoms with E-state index >= 15 is 0 Å². The van der Waals surface area contributed by atoms with Gasteiger partial charge in [0.15, 0.2) is 0 Å². The highest BCUT2D eigenvalue weighted by atomic mass is 32.2. The third kappa shape index (κ3) is 8.87. The molecule has 0 saturated carbocycles. The lowest BCUT2D eigenvalue weighted by Crippen LogP contribution is -2.55. The predicted octanol–water partition coefficient (Wildman–Crippen LogP) is 0.319. The number of halogens is 7. The van der Waals surface area contributed by atoms with Crippen LogP contribution >= 0.6 is 0 Å². The maximum absolute atomic E-state index is 13.2. The minimum Gasteiger partial charge on any atom is -0.544 e. The molecule has 1 N–H and O–H groups in total. The van der Waals surface area contributed by atoms with Crippen molar-refractivity contribution in [1.82, 2.24) is 4.72 Å². The number of aliphatic carboxylic acids is 1. The van der Waals surface area contributed by atoms with Crippen LogP contribution in [0, 0.1) is 0 Å². The molecule has 28 heavy (non-hydrogen) atoms. The maximum atomic E-state index is 13.2. The van der Waals surface area contributed by atoms with Gasteiger partial charge in [-0.25, -0.2) is 13.1 Å². The molecular weight excluding hydrogens is 429 g/mol. The lowest BCUT2D eigenvalue weighted by molar-refractivity contribution is -0.884. The number of ether oxygens (including phenoxy) is 1. The van der Waals surface area contributed by atoms with Gasteiger partial charge in [0.05, 0.1) is 39.0 Å². The third-order valence-electron chi connectivity index (χ3n) is 3.41. The molecule has 0 aromatic carbocycles. The summed E-state index contributed by atoms with van der Waals surface area (Å²) in [6.45, 7) is -1.64. The summed E-state index contributed by atoms with van der Waals surface area (Å²) in [4.78, 5) is 10.5. The Hall–Kier alpha value is -1.19. The largest absolute Gasteiger partial charge is 0.544 e. The van der Waals surface area contributed by atoms with Crippen molar-refractivity contribution in [3.8, 4) is 0 Å². The van der Waals surface area contributed by atoms with Gasteiger partial charge < -0.3 is 19.1 Å². The van der Waals surface area contributed by atoms with E-state index in [-0.39, 0.29) is 30.5 Å². The van der Waals surface area contributed by atoms with Crippen molar-refractivity contribution in [3.63, 3.8) is 0 Å². The second-order valence-electron chi connectivity index (χ2n) is 6.55. The molecule has 0 spiro atoms. The van der Waals surface area contributed by atoms with E-state index in [4.69, 9.17) is 0 Å². The van der Waals surface area contributed by atoms with Crippen LogP contribution in [-0.4, -0.2) is 83.2 Å². The van der Waals surface area contributed by atoms with E-state index in [9.17, 15) is 49.1 Å². The first kappa shape index (κ1) is 26.8. The number of carbonyl (C=O) groups excluding carboxylic acids is 1. The first-order valence-corrected chi connectivity index (χ1v) is 9.44. The SMILES string of the molecule is C[N+](C)(CCCNS(=O)(=O)CCCOC(F)(C(F)(F)F)C(F)(F)F)CC(=O)[O-]. The second-order valence-corrected chi connectivity index (χ2v) is 8.48. The van der Waals surface area contributed by atoms with Gasteiger partial charge >= 0.3 is 18.2 Å². The quantitative estimate of drug-likeness (QED) is 0.263. The second kappa shape index (κ2) is 9.54. The van der Waals surface area contributed by atoms with Crippen LogP contribution in [0.5, 0.6) is 0 Å². The van der Waals surface area contributed by atoms with Crippen LogP contribution in [0.2, 0.25) is 0 Å². The molecular formula is C13H21F7N2O5S. The van der Waals surface area contributed by atoms with E-state index in [0.29, 0.717) is 0 Å². The van der Waals surface area contributed by atoms with Crippen molar-refractivity contribution in [1.29, 1.82) is 0 Å². The molecule has 0 amide bonds. The fourth-order valence-electron chi connectivity index (χ4n) is 2.02. The zero-order valence-electron chi connectivity index (χ0n) is 15.0. The molecule has 0 heterocycles. The first-order valence-electron chi connectivity index (χ1n) is 7.78. The molecule has 0 aromatic heterocycles. The van der Waals surface area contributed by atoms with E-state index < -0.39 is 53.0 Å². The average Bonchev–Trinajstić information content (AvgIpc) is 2.44. The highest BCUT2D eigenvalue weighted by Crippen LogP contribution is 2.46. The summed E-state index contributed by atoms with van der Waals surface area (Å²) < 4.78 is 115. The van der Waals surface area contributed by atoms with Crippen molar-refractivity contribution < 1.29 is 58.3 Å². The smallest absolute Gasteiger partial charge is 0.458 e. The lowest BCUT2D eigenvalue weighted by Gasteiger charge is -2.30. The minimum absolute atomic E-state index is 0.00533. The van der Waals surface area contributed by atoms with Gasteiger partial charge in [0, 0.05) is 13.0 Å². The molecule has 0 saturated heterocycles. The van der Waals surface area contributed by atoms with E-state index in [2.05, 4.69) is 4.74 Å². The Labute approximate surface area is 157 Å². The van der Waals surface area contributed by atoms with E-state index in [0.717, 1.165) is 0 Å². The summed E-state index contributed by atoms with van der Waals surface area (Å²) in [5.74, 6) is -8.08. The van der Waals surface area contributed by atoms with Crippen LogP contribution in [0.1, 0.15) is 12.8 Å². The molecule has 0 rings (SSSR count). The number of nitrogens with one attached hydrogen (secondary N) is 1. The summed E-state index contributed by atoms with van der Waals surface area (Å²) in [6, 6.07) is 0. The average molecular weight is 450 g/mol. The molecule has 0 unspecified atom stereocenters. The molecule has 0 aliphatic carbocycles. The molecule has 0 bridgehead atoms. The van der Waals surface area contributed by atoms with Gasteiger partial charge in [0.2, 0.25) is 10.0 Å². The van der Waals surface area contributed by atoms with Gasteiger partial charge in [-0.15, -0.1) is 0 Å². The Morgan fingerprint density at radius 3 is 1.96 bits per heavy atom. The van der Waals surface area contributed by atoms with Crippen LogP contribution in [-0.2, 0) is 19.6 Å². The Balaban J connectivity index is 4.43. The summed E-state index contributed by atoms with van der Waals surface area (Å²) in [5, 5.41) is 10.5. The lowest BCUT2D eigenvalue weighted by atomic mass is 10.3. The number of likely N-dealkylation sites (N-methyl/N-ethyl adjacent to an activating group) is 1. The number of rotatable bonds is 12. The molecule has 15 heteroatoms. The maximum Gasteiger partial charge on any atom is 0.458 e. The summed E-state index contributed by atoms with van der Waals surface area (Å²) >= 11 is 0. The van der Waals surface area contributed by atoms with Crippen molar-refractivity contribution in [2.45, 2.75) is 31.0 Å². The van der Waals surface area contributed by atoms with E-state index in [1.54, 1.807) is 14.1 Å². The molecule has 0 aromatic rings. The standard InChI is InChI=1S/C13H21F7N2O5S/c1-22(2,9-10(23)24)6-3-5-21-28(25,26)8-4-7-27-11(14,12(15,16)17)13(18,19)20/h21H,3-9H2,1-2H3. The zero-order valence-corrected chi connectivity index (χ0v) is 15.8. The number of sulfonamides is 1. The number of carboxylic acids is 1. The highest BCUT2D eigenvalue weighted by Gasteiger charge is 2.74. The fraction of sp³-hybridized carbons (Fsp3) is 0.923. The number of carboxylic acid groups (broad SMARTS) is 1. The highest BCUT2D eigenvalue weighted by molar-refractivity contribution is 7.89. The van der Waals surface area contributed by atoms with Crippen LogP contribution in [0.4, 0.5) is 30.7 Å². The number of hydrogen-bond donors (Lipinski definition) is 1. The number of nitrogens with zero attached hydrogens (tertiary/aromatic N) is 1. The topological polar surface area (TPSA) is 95.5 Å². The summed E-state index contributed by atoms with van der Waals surface area (Å²) in [5.41, 5.74) is 0. The molecule has 168 valence electrons. The van der Waals surface area contributed by atoms with Crippen molar-refractivity contribution >= 4 is 16.0 Å². The summed E-state index contributed by atoms with van der Waals surface area (Å²) in [7, 11) is -0.938. The van der Waals surface area contributed by atoms with Crippen LogP contribution in [0.25, 0.3) is 0 Å². The van der Waals surface area contributed by atoms with Crippen LogP contribution in [0.3, 0.4) is 0 Å². The van der Waals surface area contributed by atoms with E-state index in [1.807, 2.05) is 4.72 Å². The first-order chi connectivity index (χ1) is 12.3. The molecule has 0 aliphatic rings.